The molecule has 0 heterocycles. The molecule has 98 valence electrons. The second kappa shape index (κ2) is 5.70. The molecular formula is C17H17BrO. The van der Waals surface area contributed by atoms with E-state index in [-0.39, 0.29) is 5.78 Å². The first-order valence-corrected chi connectivity index (χ1v) is 7.12. The van der Waals surface area contributed by atoms with Gasteiger partial charge in [-0.05, 0) is 49.6 Å². The van der Waals surface area contributed by atoms with Gasteiger partial charge in [-0.2, -0.15) is 0 Å². The average Bonchev–Trinajstić information content (AvgIpc) is 2.33. The lowest BCUT2D eigenvalue weighted by molar-refractivity contribution is 0.0992. The highest BCUT2D eigenvalue weighted by molar-refractivity contribution is 9.10. The molecule has 2 aromatic rings. The number of ketones is 1. The van der Waals surface area contributed by atoms with Crippen molar-refractivity contribution in [3.63, 3.8) is 0 Å². The maximum atomic E-state index is 12.4. The van der Waals surface area contributed by atoms with Crippen molar-refractivity contribution in [2.24, 2.45) is 0 Å². The fourth-order valence-electron chi connectivity index (χ4n) is 2.11. The van der Waals surface area contributed by atoms with Gasteiger partial charge in [0.15, 0.2) is 5.78 Å². The summed E-state index contributed by atoms with van der Waals surface area (Å²) in [6.45, 7) is 6.12. The van der Waals surface area contributed by atoms with Crippen LogP contribution in [0, 0.1) is 20.8 Å². The largest absolute Gasteiger partial charge is 0.294 e. The fraction of sp³-hybridized carbons (Fsp3) is 0.235. The Morgan fingerprint density at radius 2 is 1.63 bits per heavy atom. The van der Waals surface area contributed by atoms with Crippen LogP contribution in [0.3, 0.4) is 0 Å². The summed E-state index contributed by atoms with van der Waals surface area (Å²) in [6.07, 6.45) is 0.454. The van der Waals surface area contributed by atoms with Gasteiger partial charge >= 0.3 is 0 Å². The molecule has 0 bridgehead atoms. The molecule has 0 atom stereocenters. The number of benzene rings is 2. The van der Waals surface area contributed by atoms with E-state index in [9.17, 15) is 4.79 Å². The Hall–Kier alpha value is -1.41. The van der Waals surface area contributed by atoms with Gasteiger partial charge in [0.1, 0.15) is 0 Å². The third-order valence-corrected chi connectivity index (χ3v) is 3.94. The summed E-state index contributed by atoms with van der Waals surface area (Å²) in [7, 11) is 0. The molecule has 0 amide bonds. The van der Waals surface area contributed by atoms with E-state index < -0.39 is 0 Å². The standard InChI is InChI=1S/C17H17BrO/c1-11-4-6-13(3)14(8-11)10-17(19)15-7-5-12(2)9-16(15)18/h4-9H,10H2,1-3H3. The van der Waals surface area contributed by atoms with Crippen molar-refractivity contribution in [2.45, 2.75) is 27.2 Å². The Balaban J connectivity index is 2.28. The van der Waals surface area contributed by atoms with E-state index in [2.05, 4.69) is 41.1 Å². The molecule has 0 aromatic heterocycles. The van der Waals surface area contributed by atoms with Crippen LogP contribution in [0.4, 0.5) is 0 Å². The number of hydrogen-bond acceptors (Lipinski definition) is 1. The van der Waals surface area contributed by atoms with E-state index in [1.54, 1.807) is 0 Å². The maximum absolute atomic E-state index is 12.4. The lowest BCUT2D eigenvalue weighted by Crippen LogP contribution is -2.06. The molecule has 0 saturated heterocycles. The second-order valence-corrected chi connectivity index (χ2v) is 5.87. The van der Waals surface area contributed by atoms with Crippen molar-refractivity contribution in [2.75, 3.05) is 0 Å². The zero-order valence-electron chi connectivity index (χ0n) is 11.5. The Bertz CT molecular complexity index is 629. The Morgan fingerprint density at radius 3 is 2.32 bits per heavy atom. The van der Waals surface area contributed by atoms with Crippen LogP contribution in [0.25, 0.3) is 0 Å². The Morgan fingerprint density at radius 1 is 1.00 bits per heavy atom. The summed E-state index contributed by atoms with van der Waals surface area (Å²) >= 11 is 3.47. The molecule has 0 saturated carbocycles. The molecule has 0 spiro atoms. The molecule has 2 heteroatoms. The SMILES string of the molecule is Cc1ccc(C(=O)Cc2cc(C)ccc2C)c(Br)c1. The molecule has 19 heavy (non-hydrogen) atoms. The molecule has 1 nitrogen and oxygen atoms in total. The minimum absolute atomic E-state index is 0.153. The van der Waals surface area contributed by atoms with E-state index >= 15 is 0 Å². The van der Waals surface area contributed by atoms with Crippen molar-refractivity contribution in [1.29, 1.82) is 0 Å². The molecule has 0 unspecified atom stereocenters. The summed E-state index contributed by atoms with van der Waals surface area (Å²) in [5, 5.41) is 0. The molecule has 2 rings (SSSR count). The first kappa shape index (κ1) is 14.0. The summed E-state index contributed by atoms with van der Waals surface area (Å²) in [5.41, 5.74) is 5.37. The van der Waals surface area contributed by atoms with Crippen molar-refractivity contribution >= 4 is 21.7 Å². The number of Topliss-reactive ketones (excluding diaryl/α,β-unsaturated/α-hetero) is 1. The van der Waals surface area contributed by atoms with Crippen LogP contribution >= 0.6 is 15.9 Å². The number of carbonyl (C=O) groups is 1. The van der Waals surface area contributed by atoms with E-state index in [0.29, 0.717) is 6.42 Å². The van der Waals surface area contributed by atoms with Gasteiger partial charge in [0.25, 0.3) is 0 Å². The average molecular weight is 317 g/mol. The molecule has 0 N–H and O–H groups in total. The highest BCUT2D eigenvalue weighted by atomic mass is 79.9. The summed E-state index contributed by atoms with van der Waals surface area (Å²) < 4.78 is 0.878. The van der Waals surface area contributed by atoms with Crippen LogP contribution in [-0.2, 0) is 6.42 Å². The van der Waals surface area contributed by atoms with Crippen molar-refractivity contribution in [1.82, 2.24) is 0 Å². The molecule has 2 aromatic carbocycles. The second-order valence-electron chi connectivity index (χ2n) is 5.01. The van der Waals surface area contributed by atoms with Gasteiger partial charge in [0, 0.05) is 16.5 Å². The third kappa shape index (κ3) is 3.32. The first-order chi connectivity index (χ1) is 8.97. The zero-order chi connectivity index (χ0) is 14.0. The monoisotopic (exact) mass is 316 g/mol. The van der Waals surface area contributed by atoms with Gasteiger partial charge < -0.3 is 0 Å². The number of carbonyl (C=O) groups excluding carboxylic acids is 1. The Labute approximate surface area is 122 Å². The van der Waals surface area contributed by atoms with Crippen LogP contribution in [0.2, 0.25) is 0 Å². The van der Waals surface area contributed by atoms with Crippen molar-refractivity contribution < 1.29 is 4.79 Å². The van der Waals surface area contributed by atoms with E-state index in [0.717, 1.165) is 21.2 Å². The van der Waals surface area contributed by atoms with Crippen LogP contribution in [0.5, 0.6) is 0 Å². The third-order valence-electron chi connectivity index (χ3n) is 3.28. The van der Waals surface area contributed by atoms with Crippen LogP contribution < -0.4 is 0 Å². The molecule has 0 radical (unpaired) electrons. The zero-order valence-corrected chi connectivity index (χ0v) is 13.0. The number of aryl methyl sites for hydroxylation is 3. The highest BCUT2D eigenvalue weighted by Gasteiger charge is 2.12. The topological polar surface area (TPSA) is 17.1 Å². The fourth-order valence-corrected chi connectivity index (χ4v) is 2.82. The minimum Gasteiger partial charge on any atom is -0.294 e. The number of rotatable bonds is 3. The van der Waals surface area contributed by atoms with Crippen LogP contribution in [-0.4, -0.2) is 5.78 Å². The van der Waals surface area contributed by atoms with Crippen LogP contribution in [0.15, 0.2) is 40.9 Å². The normalized spacial score (nSPS) is 10.5. The number of halogens is 1. The van der Waals surface area contributed by atoms with Crippen molar-refractivity contribution in [3.8, 4) is 0 Å². The molecule has 0 fully saturated rings. The predicted octanol–water partition coefficient (Wildman–Crippen LogP) is 4.80. The first-order valence-electron chi connectivity index (χ1n) is 6.33. The summed E-state index contributed by atoms with van der Waals surface area (Å²) in [5.74, 6) is 0.153. The van der Waals surface area contributed by atoms with Gasteiger partial charge in [-0.3, -0.25) is 4.79 Å². The minimum atomic E-state index is 0.153. The smallest absolute Gasteiger partial charge is 0.168 e. The predicted molar refractivity (Wildman–Crippen MR) is 82.8 cm³/mol. The van der Waals surface area contributed by atoms with Crippen molar-refractivity contribution in [3.05, 3.63) is 68.7 Å². The molecule has 0 aliphatic carbocycles. The van der Waals surface area contributed by atoms with Gasteiger partial charge in [-0.15, -0.1) is 0 Å². The van der Waals surface area contributed by atoms with E-state index in [1.807, 2.05) is 32.0 Å². The number of hydrogen-bond donors (Lipinski definition) is 0. The molecule has 0 aliphatic rings. The Kier molecular flexibility index (Phi) is 4.20. The van der Waals surface area contributed by atoms with Gasteiger partial charge in [-0.25, -0.2) is 0 Å². The molecule has 0 aliphatic heterocycles. The van der Waals surface area contributed by atoms with E-state index in [4.69, 9.17) is 0 Å². The van der Waals surface area contributed by atoms with E-state index in [1.165, 1.54) is 11.1 Å². The summed E-state index contributed by atoms with van der Waals surface area (Å²) in [6, 6.07) is 12.1. The van der Waals surface area contributed by atoms with Gasteiger partial charge in [0.2, 0.25) is 0 Å². The lowest BCUT2D eigenvalue weighted by Gasteiger charge is -2.08. The summed E-state index contributed by atoms with van der Waals surface area (Å²) in [4.78, 5) is 12.4. The maximum Gasteiger partial charge on any atom is 0.168 e. The highest BCUT2D eigenvalue weighted by Crippen LogP contribution is 2.21. The van der Waals surface area contributed by atoms with Crippen LogP contribution in [0.1, 0.15) is 32.6 Å². The lowest BCUT2D eigenvalue weighted by atomic mass is 9.97. The quantitative estimate of drug-likeness (QED) is 0.743. The molecular weight excluding hydrogens is 300 g/mol. The van der Waals surface area contributed by atoms with Gasteiger partial charge in [0.05, 0.1) is 0 Å². The van der Waals surface area contributed by atoms with Gasteiger partial charge in [-0.1, -0.05) is 45.8 Å².